The number of hydrogen-bond donors (Lipinski definition) is 1. The fourth-order valence-electron chi connectivity index (χ4n) is 1.76. The quantitative estimate of drug-likeness (QED) is 0.874. The molecule has 1 aromatic heterocycles. The van der Waals surface area contributed by atoms with Gasteiger partial charge in [-0.15, -0.1) is 0 Å². The van der Waals surface area contributed by atoms with E-state index in [4.69, 9.17) is 19.9 Å². The van der Waals surface area contributed by atoms with Gasteiger partial charge < -0.3 is 19.9 Å². The van der Waals surface area contributed by atoms with Crippen molar-refractivity contribution in [3.05, 3.63) is 47.7 Å². The van der Waals surface area contributed by atoms with Gasteiger partial charge in [-0.1, -0.05) is 12.1 Å². The zero-order valence-electron chi connectivity index (χ0n) is 11.6. The van der Waals surface area contributed by atoms with Crippen LogP contribution in [0.15, 0.2) is 36.4 Å². The molecule has 5 heteroatoms. The van der Waals surface area contributed by atoms with E-state index in [1.165, 1.54) is 0 Å². The fraction of sp³-hybridized carbons (Fsp3) is 0.267. The Morgan fingerprint density at radius 3 is 2.60 bits per heavy atom. The van der Waals surface area contributed by atoms with E-state index in [9.17, 15) is 0 Å². The van der Waals surface area contributed by atoms with Crippen LogP contribution >= 0.6 is 0 Å². The molecule has 0 aliphatic heterocycles. The number of nitrogens with two attached hydrogens (primary N) is 1. The van der Waals surface area contributed by atoms with Crippen molar-refractivity contribution >= 4 is 0 Å². The standard InChI is InChI=1S/C15H18N2O3/c1-18-14-8-11(9-16)6-7-13(14)20-10-12-4-3-5-15(17-12)19-2/h3-8H,9-10,16H2,1-2H3. The van der Waals surface area contributed by atoms with E-state index in [0.29, 0.717) is 30.5 Å². The lowest BCUT2D eigenvalue weighted by Crippen LogP contribution is -2.02. The molecule has 0 saturated carbocycles. The summed E-state index contributed by atoms with van der Waals surface area (Å²) in [6.45, 7) is 0.809. The van der Waals surface area contributed by atoms with Crippen LogP contribution in [0.25, 0.3) is 0 Å². The van der Waals surface area contributed by atoms with Gasteiger partial charge in [0, 0.05) is 12.6 Å². The van der Waals surface area contributed by atoms with Crippen LogP contribution in [0.3, 0.4) is 0 Å². The first-order chi connectivity index (χ1) is 9.76. The zero-order chi connectivity index (χ0) is 14.4. The van der Waals surface area contributed by atoms with E-state index < -0.39 is 0 Å². The molecule has 0 amide bonds. The summed E-state index contributed by atoms with van der Waals surface area (Å²) in [4.78, 5) is 4.29. The maximum atomic E-state index is 5.73. The van der Waals surface area contributed by atoms with Crippen molar-refractivity contribution in [3.8, 4) is 17.4 Å². The van der Waals surface area contributed by atoms with Crippen LogP contribution in [0.1, 0.15) is 11.3 Å². The van der Waals surface area contributed by atoms with Gasteiger partial charge in [0.25, 0.3) is 0 Å². The van der Waals surface area contributed by atoms with Gasteiger partial charge in [-0.25, -0.2) is 4.98 Å². The molecule has 20 heavy (non-hydrogen) atoms. The first-order valence-electron chi connectivity index (χ1n) is 6.26. The molecular weight excluding hydrogens is 256 g/mol. The molecule has 1 aromatic carbocycles. The maximum Gasteiger partial charge on any atom is 0.213 e. The molecule has 1 heterocycles. The number of methoxy groups -OCH3 is 2. The van der Waals surface area contributed by atoms with Gasteiger partial charge in [0.05, 0.1) is 19.9 Å². The second kappa shape index (κ2) is 6.77. The Hall–Kier alpha value is -2.27. The van der Waals surface area contributed by atoms with Crippen molar-refractivity contribution in [1.29, 1.82) is 0 Å². The average molecular weight is 274 g/mol. The SMILES string of the molecule is COc1cccc(COc2ccc(CN)cc2OC)n1. The van der Waals surface area contributed by atoms with Crippen LogP contribution < -0.4 is 19.9 Å². The summed E-state index contributed by atoms with van der Waals surface area (Å²) in [6.07, 6.45) is 0. The number of benzene rings is 1. The van der Waals surface area contributed by atoms with E-state index in [1.807, 2.05) is 30.3 Å². The summed E-state index contributed by atoms with van der Waals surface area (Å²) in [7, 11) is 3.19. The molecule has 0 spiro atoms. The highest BCUT2D eigenvalue weighted by Gasteiger charge is 2.06. The van der Waals surface area contributed by atoms with Gasteiger partial charge in [-0.05, 0) is 23.8 Å². The van der Waals surface area contributed by atoms with Gasteiger partial charge in [0.1, 0.15) is 6.61 Å². The smallest absolute Gasteiger partial charge is 0.213 e. The molecule has 0 radical (unpaired) electrons. The normalized spacial score (nSPS) is 10.2. The Morgan fingerprint density at radius 2 is 1.90 bits per heavy atom. The second-order valence-corrected chi connectivity index (χ2v) is 4.15. The Kier molecular flexibility index (Phi) is 4.79. The number of hydrogen-bond acceptors (Lipinski definition) is 5. The van der Waals surface area contributed by atoms with Crippen molar-refractivity contribution in [3.63, 3.8) is 0 Å². The van der Waals surface area contributed by atoms with Crippen molar-refractivity contribution < 1.29 is 14.2 Å². The monoisotopic (exact) mass is 274 g/mol. The molecule has 2 N–H and O–H groups in total. The number of nitrogens with zero attached hydrogens (tertiary/aromatic N) is 1. The molecular formula is C15H18N2O3. The summed E-state index contributed by atoms with van der Waals surface area (Å²) >= 11 is 0. The van der Waals surface area contributed by atoms with E-state index in [2.05, 4.69) is 4.98 Å². The highest BCUT2D eigenvalue weighted by Crippen LogP contribution is 2.28. The average Bonchev–Trinajstić information content (AvgIpc) is 2.52. The Morgan fingerprint density at radius 1 is 1.05 bits per heavy atom. The van der Waals surface area contributed by atoms with Crippen molar-refractivity contribution in [1.82, 2.24) is 4.98 Å². The summed E-state index contributed by atoms with van der Waals surface area (Å²) < 4.78 is 16.1. The first-order valence-corrected chi connectivity index (χ1v) is 6.26. The molecule has 0 atom stereocenters. The topological polar surface area (TPSA) is 66.6 Å². The van der Waals surface area contributed by atoms with Crippen LogP contribution in [0, 0.1) is 0 Å². The van der Waals surface area contributed by atoms with Crippen LogP contribution in [-0.2, 0) is 13.2 Å². The first kappa shape index (κ1) is 14.1. The Balaban J connectivity index is 2.10. The number of ether oxygens (including phenoxy) is 3. The van der Waals surface area contributed by atoms with E-state index in [-0.39, 0.29) is 0 Å². The van der Waals surface area contributed by atoms with E-state index in [0.717, 1.165) is 11.3 Å². The van der Waals surface area contributed by atoms with Gasteiger partial charge in [0.2, 0.25) is 5.88 Å². The summed E-state index contributed by atoms with van der Waals surface area (Å²) in [5.74, 6) is 1.89. The number of aromatic nitrogens is 1. The van der Waals surface area contributed by atoms with Crippen LogP contribution in [0.5, 0.6) is 17.4 Å². The highest BCUT2D eigenvalue weighted by atomic mass is 16.5. The van der Waals surface area contributed by atoms with Gasteiger partial charge in [-0.3, -0.25) is 0 Å². The minimum Gasteiger partial charge on any atom is -0.493 e. The minimum absolute atomic E-state index is 0.343. The third-order valence-electron chi connectivity index (χ3n) is 2.83. The number of pyridine rings is 1. The molecule has 0 unspecified atom stereocenters. The van der Waals surface area contributed by atoms with Crippen LogP contribution in [0.4, 0.5) is 0 Å². The van der Waals surface area contributed by atoms with Crippen molar-refractivity contribution in [2.24, 2.45) is 5.73 Å². The van der Waals surface area contributed by atoms with Gasteiger partial charge in [0.15, 0.2) is 11.5 Å². The van der Waals surface area contributed by atoms with Crippen LogP contribution in [0.2, 0.25) is 0 Å². The fourth-order valence-corrected chi connectivity index (χ4v) is 1.76. The highest BCUT2D eigenvalue weighted by molar-refractivity contribution is 5.43. The summed E-state index contributed by atoms with van der Waals surface area (Å²) in [5.41, 5.74) is 7.38. The molecule has 0 saturated heterocycles. The largest absolute Gasteiger partial charge is 0.493 e. The molecule has 0 aliphatic carbocycles. The summed E-state index contributed by atoms with van der Waals surface area (Å²) in [6, 6.07) is 11.2. The molecule has 0 fully saturated rings. The lowest BCUT2D eigenvalue weighted by Gasteiger charge is -2.11. The van der Waals surface area contributed by atoms with Crippen molar-refractivity contribution in [2.45, 2.75) is 13.2 Å². The lowest BCUT2D eigenvalue weighted by molar-refractivity contribution is 0.278. The van der Waals surface area contributed by atoms with Crippen LogP contribution in [-0.4, -0.2) is 19.2 Å². The lowest BCUT2D eigenvalue weighted by atomic mass is 10.2. The van der Waals surface area contributed by atoms with Gasteiger partial charge in [-0.2, -0.15) is 0 Å². The van der Waals surface area contributed by atoms with E-state index >= 15 is 0 Å². The van der Waals surface area contributed by atoms with E-state index in [1.54, 1.807) is 20.3 Å². The molecule has 0 aliphatic rings. The molecule has 5 nitrogen and oxygen atoms in total. The predicted octanol–water partition coefficient (Wildman–Crippen LogP) is 2.14. The second-order valence-electron chi connectivity index (χ2n) is 4.15. The molecule has 2 rings (SSSR count). The summed E-state index contributed by atoms with van der Waals surface area (Å²) in [5, 5.41) is 0. The zero-order valence-corrected chi connectivity index (χ0v) is 11.6. The van der Waals surface area contributed by atoms with Crippen molar-refractivity contribution in [2.75, 3.05) is 14.2 Å². The number of rotatable bonds is 6. The van der Waals surface area contributed by atoms with Gasteiger partial charge >= 0.3 is 0 Å². The Bertz CT molecular complexity index is 573. The molecule has 106 valence electrons. The Labute approximate surface area is 118 Å². The third kappa shape index (κ3) is 3.39. The maximum absolute atomic E-state index is 5.73. The predicted molar refractivity (Wildman–Crippen MR) is 76.0 cm³/mol. The minimum atomic E-state index is 0.343. The molecule has 2 aromatic rings. The third-order valence-corrected chi connectivity index (χ3v) is 2.83. The molecule has 0 bridgehead atoms.